The number of Topliss-reactive ketones (excluding diaryl/α,β-unsaturated/α-hetero) is 1. The van der Waals surface area contributed by atoms with Crippen LogP contribution in [-0.4, -0.2) is 31.1 Å². The summed E-state index contributed by atoms with van der Waals surface area (Å²) < 4.78 is 12.8. The third-order valence-electron chi connectivity index (χ3n) is 5.04. The molecule has 0 unspecified atom stereocenters. The van der Waals surface area contributed by atoms with Gasteiger partial charge in [0, 0.05) is 36.6 Å². The fourth-order valence-corrected chi connectivity index (χ4v) is 3.77. The minimum absolute atomic E-state index is 0.0527. The highest BCUT2D eigenvalue weighted by Crippen LogP contribution is 2.40. The third-order valence-corrected chi connectivity index (χ3v) is 5.04. The summed E-state index contributed by atoms with van der Waals surface area (Å²) in [5, 5.41) is 3.46. The van der Waals surface area contributed by atoms with Crippen molar-refractivity contribution in [2.45, 2.75) is 37.2 Å². The molecule has 0 amide bonds. The summed E-state index contributed by atoms with van der Waals surface area (Å²) in [6, 6.07) is 20.2. The molecule has 0 radical (unpaired) electrons. The van der Waals surface area contributed by atoms with Crippen molar-refractivity contribution in [2.24, 2.45) is 0 Å². The number of hydrogen-bond acceptors (Lipinski definition) is 4. The lowest BCUT2D eigenvalue weighted by Gasteiger charge is -2.44. The highest BCUT2D eigenvalue weighted by atomic mass is 16.7. The number of benzene rings is 2. The van der Waals surface area contributed by atoms with Gasteiger partial charge in [0.25, 0.3) is 0 Å². The van der Waals surface area contributed by atoms with Crippen molar-refractivity contribution in [1.29, 1.82) is 0 Å². The van der Waals surface area contributed by atoms with Crippen LogP contribution in [0.25, 0.3) is 0 Å². The predicted octanol–water partition coefficient (Wildman–Crippen LogP) is 3.01. The molecule has 0 spiro atoms. The lowest BCUT2D eigenvalue weighted by atomic mass is 9.92. The molecule has 25 heavy (non-hydrogen) atoms. The standard InChI is InChI=1S/C21H23NO3/c23-18-11-13-22-19(15-18)20-12-14-24-21(25-20,16-7-3-1-4-8-16)17-9-5-2-6-10-17/h1-10,19-20,22H,11-15H2/t19-,20-/m0/s1. The summed E-state index contributed by atoms with van der Waals surface area (Å²) in [4.78, 5) is 11.9. The van der Waals surface area contributed by atoms with Crippen molar-refractivity contribution in [3.8, 4) is 0 Å². The molecule has 2 atom stereocenters. The Morgan fingerprint density at radius 2 is 1.60 bits per heavy atom. The third kappa shape index (κ3) is 3.25. The monoisotopic (exact) mass is 337 g/mol. The van der Waals surface area contributed by atoms with Crippen LogP contribution in [0.15, 0.2) is 60.7 Å². The van der Waals surface area contributed by atoms with Gasteiger partial charge in [0.1, 0.15) is 5.78 Å². The van der Waals surface area contributed by atoms with Crippen LogP contribution < -0.4 is 5.32 Å². The SMILES string of the molecule is O=C1CCN[C@H]([C@@H]2CCOC(c3ccccc3)(c3ccccc3)O2)C1. The summed E-state index contributed by atoms with van der Waals surface area (Å²) in [6.07, 6.45) is 1.87. The molecule has 2 aliphatic rings. The van der Waals surface area contributed by atoms with Gasteiger partial charge in [-0.1, -0.05) is 60.7 Å². The average molecular weight is 337 g/mol. The summed E-state index contributed by atoms with van der Waals surface area (Å²) in [6.45, 7) is 1.33. The fraction of sp³-hybridized carbons (Fsp3) is 0.381. The maximum Gasteiger partial charge on any atom is 0.222 e. The van der Waals surface area contributed by atoms with E-state index in [0.717, 1.165) is 24.1 Å². The van der Waals surface area contributed by atoms with Crippen LogP contribution in [0.1, 0.15) is 30.4 Å². The summed E-state index contributed by atoms with van der Waals surface area (Å²) in [7, 11) is 0. The van der Waals surface area contributed by atoms with Crippen LogP contribution >= 0.6 is 0 Å². The second-order valence-corrected chi connectivity index (χ2v) is 6.70. The summed E-state index contributed by atoms with van der Waals surface area (Å²) in [5.41, 5.74) is 1.96. The van der Waals surface area contributed by atoms with Gasteiger partial charge < -0.3 is 14.8 Å². The lowest BCUT2D eigenvalue weighted by molar-refractivity contribution is -0.283. The molecule has 2 aromatic rings. The van der Waals surface area contributed by atoms with E-state index in [0.29, 0.717) is 25.2 Å². The number of ketones is 1. The maximum atomic E-state index is 11.9. The van der Waals surface area contributed by atoms with Gasteiger partial charge in [0.05, 0.1) is 12.7 Å². The molecule has 0 saturated carbocycles. The Hall–Kier alpha value is -2.01. The van der Waals surface area contributed by atoms with E-state index in [1.165, 1.54) is 0 Å². The number of ether oxygens (including phenoxy) is 2. The maximum absolute atomic E-state index is 11.9. The second-order valence-electron chi connectivity index (χ2n) is 6.70. The van der Waals surface area contributed by atoms with Crippen molar-refractivity contribution in [3.63, 3.8) is 0 Å². The Morgan fingerprint density at radius 3 is 2.20 bits per heavy atom. The molecular formula is C21H23NO3. The number of rotatable bonds is 3. The molecule has 2 aliphatic heterocycles. The zero-order chi connectivity index (χ0) is 17.1. The van der Waals surface area contributed by atoms with Gasteiger partial charge >= 0.3 is 0 Å². The average Bonchev–Trinajstić information content (AvgIpc) is 2.69. The smallest absolute Gasteiger partial charge is 0.222 e. The Balaban J connectivity index is 1.70. The fourth-order valence-electron chi connectivity index (χ4n) is 3.77. The Kier molecular flexibility index (Phi) is 4.66. The molecular weight excluding hydrogens is 314 g/mol. The van der Waals surface area contributed by atoms with Crippen LogP contribution in [0.4, 0.5) is 0 Å². The molecule has 2 aromatic carbocycles. The number of hydrogen-bond donors (Lipinski definition) is 1. The van der Waals surface area contributed by atoms with Gasteiger partial charge in [-0.2, -0.15) is 0 Å². The molecule has 2 heterocycles. The van der Waals surface area contributed by atoms with Crippen LogP contribution in [-0.2, 0) is 20.1 Å². The van der Waals surface area contributed by atoms with Crippen LogP contribution in [0, 0.1) is 0 Å². The van der Waals surface area contributed by atoms with Crippen LogP contribution in [0.2, 0.25) is 0 Å². The minimum Gasteiger partial charge on any atom is -0.342 e. The number of carbonyl (C=O) groups excluding carboxylic acids is 1. The molecule has 1 N–H and O–H groups in total. The predicted molar refractivity (Wildman–Crippen MR) is 95.1 cm³/mol. The molecule has 0 bridgehead atoms. The van der Waals surface area contributed by atoms with E-state index in [9.17, 15) is 4.79 Å². The topological polar surface area (TPSA) is 47.6 Å². The molecule has 0 aliphatic carbocycles. The van der Waals surface area contributed by atoms with Crippen LogP contribution in [0.3, 0.4) is 0 Å². The van der Waals surface area contributed by atoms with Crippen molar-refractivity contribution in [1.82, 2.24) is 5.32 Å². The van der Waals surface area contributed by atoms with E-state index >= 15 is 0 Å². The highest BCUT2D eigenvalue weighted by molar-refractivity contribution is 5.80. The van der Waals surface area contributed by atoms with Gasteiger partial charge in [-0.05, 0) is 6.42 Å². The van der Waals surface area contributed by atoms with Crippen LogP contribution in [0.5, 0.6) is 0 Å². The van der Waals surface area contributed by atoms with Crippen molar-refractivity contribution in [3.05, 3.63) is 71.8 Å². The molecule has 4 rings (SSSR count). The van der Waals surface area contributed by atoms with E-state index in [2.05, 4.69) is 5.32 Å². The summed E-state index contributed by atoms with van der Waals surface area (Å²) >= 11 is 0. The van der Waals surface area contributed by atoms with Crippen molar-refractivity contribution < 1.29 is 14.3 Å². The Morgan fingerprint density at radius 1 is 0.960 bits per heavy atom. The largest absolute Gasteiger partial charge is 0.342 e. The normalized spacial score (nSPS) is 26.3. The van der Waals surface area contributed by atoms with Crippen molar-refractivity contribution in [2.75, 3.05) is 13.2 Å². The van der Waals surface area contributed by atoms with Gasteiger partial charge in [0.2, 0.25) is 5.79 Å². The van der Waals surface area contributed by atoms with Gasteiger partial charge in [-0.15, -0.1) is 0 Å². The Labute approximate surface area is 148 Å². The zero-order valence-corrected chi connectivity index (χ0v) is 14.2. The lowest BCUT2D eigenvalue weighted by Crippen LogP contribution is -2.53. The van der Waals surface area contributed by atoms with Gasteiger partial charge in [0.15, 0.2) is 0 Å². The first kappa shape index (κ1) is 16.5. The molecule has 4 nitrogen and oxygen atoms in total. The quantitative estimate of drug-likeness (QED) is 0.935. The van der Waals surface area contributed by atoms with E-state index in [4.69, 9.17) is 9.47 Å². The second kappa shape index (κ2) is 7.08. The van der Waals surface area contributed by atoms with Gasteiger partial charge in [-0.25, -0.2) is 0 Å². The summed E-state index contributed by atoms with van der Waals surface area (Å²) in [5.74, 6) is -0.614. The first-order valence-electron chi connectivity index (χ1n) is 8.96. The molecule has 0 aromatic heterocycles. The number of carbonyl (C=O) groups is 1. The van der Waals surface area contributed by atoms with E-state index in [1.54, 1.807) is 0 Å². The zero-order valence-electron chi connectivity index (χ0n) is 14.2. The first-order valence-corrected chi connectivity index (χ1v) is 8.96. The molecule has 4 heteroatoms. The Bertz CT molecular complexity index is 677. The van der Waals surface area contributed by atoms with E-state index < -0.39 is 5.79 Å². The number of nitrogens with one attached hydrogen (secondary N) is 1. The van der Waals surface area contributed by atoms with Crippen molar-refractivity contribution >= 4 is 5.78 Å². The van der Waals surface area contributed by atoms with E-state index in [1.807, 2.05) is 60.7 Å². The molecule has 2 fully saturated rings. The first-order chi connectivity index (χ1) is 12.3. The minimum atomic E-state index is -0.923. The van der Waals surface area contributed by atoms with Gasteiger partial charge in [-0.3, -0.25) is 4.79 Å². The molecule has 2 saturated heterocycles. The highest BCUT2D eigenvalue weighted by Gasteiger charge is 2.44. The number of piperidine rings is 1. The van der Waals surface area contributed by atoms with E-state index in [-0.39, 0.29) is 12.1 Å². The molecule has 130 valence electrons.